The molecule has 1 aliphatic heterocycles. The van der Waals surface area contributed by atoms with Crippen molar-refractivity contribution in [2.24, 2.45) is 0 Å². The second-order valence-electron chi connectivity index (χ2n) is 4.27. The van der Waals surface area contributed by atoms with Crippen molar-refractivity contribution >= 4 is 32.5 Å². The normalized spacial score (nSPS) is 20.1. The van der Waals surface area contributed by atoms with E-state index in [1.165, 1.54) is 0 Å². The molecule has 2 aromatic rings. The van der Waals surface area contributed by atoms with E-state index in [0.29, 0.717) is 15.0 Å². The summed E-state index contributed by atoms with van der Waals surface area (Å²) in [5.74, 6) is 0.847. The van der Waals surface area contributed by atoms with Gasteiger partial charge in [0.15, 0.2) is 5.69 Å². The van der Waals surface area contributed by atoms with Crippen molar-refractivity contribution in [3.63, 3.8) is 0 Å². The van der Waals surface area contributed by atoms with Gasteiger partial charge in [-0.1, -0.05) is 11.6 Å². The van der Waals surface area contributed by atoms with E-state index in [2.05, 4.69) is 19.4 Å². The van der Waals surface area contributed by atoms with Crippen molar-refractivity contribution in [1.82, 2.24) is 14.2 Å². The topological polar surface area (TPSA) is 49.6 Å². The number of hydrogen-bond donors (Lipinski definition) is 0. The average Bonchev–Trinajstić information content (AvgIpc) is 2.59. The molecule has 2 atom stereocenters. The Morgan fingerprint density at radius 3 is 2.94 bits per heavy atom. The lowest BCUT2D eigenvalue weighted by Crippen LogP contribution is -2.24. The van der Waals surface area contributed by atoms with Gasteiger partial charge in [0.2, 0.25) is 5.82 Å². The van der Waals surface area contributed by atoms with E-state index in [4.69, 9.17) is 16.9 Å². The van der Waals surface area contributed by atoms with Crippen LogP contribution in [0.3, 0.4) is 0 Å². The first-order chi connectivity index (χ1) is 8.55. The maximum Gasteiger partial charge on any atom is 0.242 e. The summed E-state index contributed by atoms with van der Waals surface area (Å²) < 4.78 is 0.407. The SMILES string of the molecule is C[N+]1(P)c2cnc(C#N)cc2-c2c(Cl)ccnc21. The minimum atomic E-state index is 0.381. The summed E-state index contributed by atoms with van der Waals surface area (Å²) in [6, 6.07) is 5.56. The number of hydrogen-bond acceptors (Lipinski definition) is 3. The van der Waals surface area contributed by atoms with Crippen molar-refractivity contribution in [3.05, 3.63) is 35.2 Å². The van der Waals surface area contributed by atoms with Gasteiger partial charge < -0.3 is 0 Å². The molecule has 4 nitrogen and oxygen atoms in total. The highest BCUT2D eigenvalue weighted by Gasteiger charge is 2.40. The van der Waals surface area contributed by atoms with Gasteiger partial charge in [0.05, 0.1) is 38.8 Å². The van der Waals surface area contributed by atoms with Crippen LogP contribution in [0.4, 0.5) is 11.5 Å². The number of quaternary nitrogens is 1. The summed E-state index contributed by atoms with van der Waals surface area (Å²) in [5.41, 5.74) is 3.15. The lowest BCUT2D eigenvalue weighted by Gasteiger charge is -2.22. The van der Waals surface area contributed by atoms with Gasteiger partial charge in [-0.2, -0.15) is 5.26 Å². The number of nitrogens with zero attached hydrogens (tertiary/aromatic N) is 4. The highest BCUT2D eigenvalue weighted by atomic mass is 35.5. The molecule has 0 amide bonds. The first-order valence-corrected chi connectivity index (χ1v) is 6.16. The third-order valence-electron chi connectivity index (χ3n) is 3.09. The Morgan fingerprint density at radius 2 is 2.22 bits per heavy atom. The molecule has 0 fully saturated rings. The van der Waals surface area contributed by atoms with Crippen molar-refractivity contribution < 1.29 is 0 Å². The zero-order valence-corrected chi connectivity index (χ0v) is 11.5. The predicted octanol–water partition coefficient (Wildman–Crippen LogP) is 3.04. The molecule has 3 rings (SSSR count). The molecule has 1 aliphatic rings. The second-order valence-corrected chi connectivity index (χ2v) is 5.71. The smallest absolute Gasteiger partial charge is 0.239 e. The van der Waals surface area contributed by atoms with Gasteiger partial charge in [0.1, 0.15) is 11.8 Å². The van der Waals surface area contributed by atoms with Crippen LogP contribution in [0.25, 0.3) is 11.1 Å². The molecule has 0 saturated carbocycles. The van der Waals surface area contributed by atoms with E-state index in [9.17, 15) is 0 Å². The fourth-order valence-electron chi connectivity index (χ4n) is 2.22. The molecule has 88 valence electrons. The molecule has 6 heteroatoms. The lowest BCUT2D eigenvalue weighted by molar-refractivity contribution is 0.736. The molecular weight excluding hydrogens is 267 g/mol. The van der Waals surface area contributed by atoms with Crippen LogP contribution in [-0.2, 0) is 0 Å². The molecule has 2 aromatic heterocycles. The van der Waals surface area contributed by atoms with Gasteiger partial charge in [0.25, 0.3) is 0 Å². The summed E-state index contributed by atoms with van der Waals surface area (Å²) in [6.45, 7) is 0. The molecule has 0 spiro atoms. The van der Waals surface area contributed by atoms with Crippen LogP contribution < -0.4 is 4.25 Å². The van der Waals surface area contributed by atoms with Crippen molar-refractivity contribution in [3.8, 4) is 17.2 Å². The lowest BCUT2D eigenvalue weighted by atomic mass is 10.1. The molecule has 3 heterocycles. The average molecular weight is 276 g/mol. The van der Waals surface area contributed by atoms with Crippen LogP contribution in [0.15, 0.2) is 24.5 Å². The quantitative estimate of drug-likeness (QED) is 0.694. The molecule has 18 heavy (non-hydrogen) atoms. The first kappa shape index (κ1) is 11.6. The maximum absolute atomic E-state index is 8.94. The highest BCUT2D eigenvalue weighted by molar-refractivity contribution is 7.17. The van der Waals surface area contributed by atoms with Gasteiger partial charge in [-0.05, 0) is 12.1 Å². The van der Waals surface area contributed by atoms with Gasteiger partial charge in [-0.3, -0.25) is 0 Å². The minimum absolute atomic E-state index is 0.381. The second kappa shape index (κ2) is 3.73. The molecule has 0 bridgehead atoms. The van der Waals surface area contributed by atoms with E-state index in [-0.39, 0.29) is 0 Å². The van der Waals surface area contributed by atoms with Gasteiger partial charge in [0, 0.05) is 6.20 Å². The van der Waals surface area contributed by atoms with Gasteiger partial charge in [-0.15, -0.1) is 0 Å². The van der Waals surface area contributed by atoms with Gasteiger partial charge >= 0.3 is 0 Å². The number of pyridine rings is 2. The fraction of sp³-hybridized carbons (Fsp3) is 0.0833. The Hall–Kier alpha value is -1.53. The largest absolute Gasteiger partial charge is 0.242 e. The van der Waals surface area contributed by atoms with Crippen molar-refractivity contribution in [2.75, 3.05) is 7.05 Å². The summed E-state index contributed by atoms with van der Waals surface area (Å²) in [5, 5.41) is 9.58. The third kappa shape index (κ3) is 1.39. The van der Waals surface area contributed by atoms with Crippen LogP contribution in [0.5, 0.6) is 0 Å². The Kier molecular flexibility index (Phi) is 2.39. The Bertz CT molecular complexity index is 706. The zero-order valence-electron chi connectivity index (χ0n) is 9.55. The van der Waals surface area contributed by atoms with Crippen LogP contribution >= 0.6 is 21.0 Å². The number of fused-ring (bicyclic) bond motifs is 3. The van der Waals surface area contributed by atoms with Crippen LogP contribution in [-0.4, -0.2) is 17.0 Å². The van der Waals surface area contributed by atoms with Crippen LogP contribution in [0, 0.1) is 11.3 Å². The van der Waals surface area contributed by atoms with E-state index < -0.39 is 0 Å². The van der Waals surface area contributed by atoms with E-state index in [1.807, 2.05) is 13.1 Å². The molecule has 0 radical (unpaired) electrons. The molecule has 0 saturated heterocycles. The van der Waals surface area contributed by atoms with Crippen molar-refractivity contribution in [1.29, 1.82) is 5.26 Å². The van der Waals surface area contributed by atoms with E-state index in [1.54, 1.807) is 24.5 Å². The number of halogens is 1. The molecular formula is C12H9ClN4P+. The van der Waals surface area contributed by atoms with E-state index >= 15 is 0 Å². The third-order valence-corrected chi connectivity index (χ3v) is 3.93. The molecule has 2 unspecified atom stereocenters. The highest BCUT2D eigenvalue weighted by Crippen LogP contribution is 2.54. The van der Waals surface area contributed by atoms with E-state index in [0.717, 1.165) is 22.6 Å². The molecule has 0 N–H and O–H groups in total. The van der Waals surface area contributed by atoms with Crippen molar-refractivity contribution in [2.45, 2.75) is 0 Å². The Morgan fingerprint density at radius 1 is 1.44 bits per heavy atom. The summed E-state index contributed by atoms with van der Waals surface area (Å²) in [7, 11) is 4.73. The van der Waals surface area contributed by atoms with Crippen LogP contribution in [0.1, 0.15) is 5.69 Å². The first-order valence-electron chi connectivity index (χ1n) is 5.27. The minimum Gasteiger partial charge on any atom is -0.239 e. The maximum atomic E-state index is 8.94. The predicted molar refractivity (Wildman–Crippen MR) is 74.3 cm³/mol. The Balaban J connectivity index is 2.42. The number of aromatic nitrogens is 2. The number of rotatable bonds is 0. The summed E-state index contributed by atoms with van der Waals surface area (Å²) in [4.78, 5) is 8.52. The monoisotopic (exact) mass is 275 g/mol. The summed E-state index contributed by atoms with van der Waals surface area (Å²) in [6.07, 6.45) is 3.39. The standard InChI is InChI=1S/C12H9ClN4P/c1-17(18)10-6-16-7(5-14)4-8(10)11-9(13)2-3-15-12(11)17/h2-4,6H,18H2,1H3/q+1. The fourth-order valence-corrected chi connectivity index (χ4v) is 2.87. The van der Waals surface area contributed by atoms with Crippen LogP contribution in [0.2, 0.25) is 5.02 Å². The Labute approximate surface area is 112 Å². The summed E-state index contributed by atoms with van der Waals surface area (Å²) >= 11 is 6.26. The zero-order chi connectivity index (χ0) is 12.9. The number of nitriles is 1. The van der Waals surface area contributed by atoms with Gasteiger partial charge in [-0.25, -0.2) is 14.2 Å². The molecule has 0 aliphatic carbocycles. The molecule has 0 aromatic carbocycles.